The van der Waals surface area contributed by atoms with Crippen molar-refractivity contribution < 1.29 is 19.1 Å². The first kappa shape index (κ1) is 27.1. The molecule has 0 aromatic heterocycles. The average molecular weight is 526 g/mol. The Bertz CT molecular complexity index is 1120. The lowest BCUT2D eigenvalue weighted by molar-refractivity contribution is -0.131. The Kier molecular flexibility index (Phi) is 9.22. The Balaban J connectivity index is 1.28. The van der Waals surface area contributed by atoms with Gasteiger partial charge in [0.25, 0.3) is 11.8 Å². The first-order chi connectivity index (χ1) is 17.8. The summed E-state index contributed by atoms with van der Waals surface area (Å²) in [5.74, 6) is 0.563. The van der Waals surface area contributed by atoms with E-state index in [0.717, 1.165) is 50.4 Å². The van der Waals surface area contributed by atoms with Crippen LogP contribution in [0.1, 0.15) is 85.4 Å². The maximum absolute atomic E-state index is 12.9. The second kappa shape index (κ2) is 12.6. The molecule has 2 fully saturated rings. The molecule has 198 valence electrons. The minimum absolute atomic E-state index is 0.150. The molecular formula is C29H36ClN3O4. The third kappa shape index (κ3) is 7.55. The van der Waals surface area contributed by atoms with Gasteiger partial charge in [-0.1, -0.05) is 23.7 Å². The molecule has 37 heavy (non-hydrogen) atoms. The average Bonchev–Trinajstić information content (AvgIpc) is 2.86. The minimum Gasteiger partial charge on any atom is -0.426 e. The van der Waals surface area contributed by atoms with Crippen molar-refractivity contribution in [3.63, 3.8) is 0 Å². The number of hydrogen-bond acceptors (Lipinski definition) is 5. The van der Waals surface area contributed by atoms with Gasteiger partial charge in [-0.25, -0.2) is 0 Å². The van der Waals surface area contributed by atoms with Crippen LogP contribution in [0.2, 0.25) is 5.02 Å². The predicted octanol–water partition coefficient (Wildman–Crippen LogP) is 5.71. The number of para-hydroxylation sites is 1. The molecule has 2 saturated carbocycles. The van der Waals surface area contributed by atoms with E-state index in [4.69, 9.17) is 22.1 Å². The Morgan fingerprint density at radius 1 is 0.892 bits per heavy atom. The standard InChI is InChI=1S/C29H36ClN3O4/c1-18(34)37-27-5-3-2-4-25(27)29(36)33-23-14-15-24(26(30)17-23)28(35)32-22-12-8-20(9-13-22)16-19-6-10-21(31)11-7-19/h2-5,14-15,17,19-22H,6-13,16,31H2,1H3,(H,32,35)(H,33,36). The summed E-state index contributed by atoms with van der Waals surface area (Å²) in [5.41, 5.74) is 7.08. The van der Waals surface area contributed by atoms with E-state index < -0.39 is 11.9 Å². The van der Waals surface area contributed by atoms with Gasteiger partial charge in [0, 0.05) is 24.7 Å². The van der Waals surface area contributed by atoms with Crippen LogP contribution in [0.3, 0.4) is 0 Å². The largest absolute Gasteiger partial charge is 0.426 e. The van der Waals surface area contributed by atoms with Crippen molar-refractivity contribution in [1.82, 2.24) is 5.32 Å². The van der Waals surface area contributed by atoms with E-state index in [-0.39, 0.29) is 28.3 Å². The zero-order valence-corrected chi connectivity index (χ0v) is 22.1. The van der Waals surface area contributed by atoms with Crippen LogP contribution in [0.25, 0.3) is 0 Å². The van der Waals surface area contributed by atoms with Crippen molar-refractivity contribution in [3.8, 4) is 5.75 Å². The fourth-order valence-electron chi connectivity index (χ4n) is 5.57. The van der Waals surface area contributed by atoms with E-state index in [1.165, 1.54) is 26.2 Å². The molecule has 4 N–H and O–H groups in total. The van der Waals surface area contributed by atoms with E-state index in [0.29, 0.717) is 17.3 Å². The lowest BCUT2D eigenvalue weighted by atomic mass is 9.76. The zero-order valence-electron chi connectivity index (χ0n) is 21.3. The van der Waals surface area contributed by atoms with Crippen LogP contribution in [-0.2, 0) is 4.79 Å². The molecule has 0 saturated heterocycles. The highest BCUT2D eigenvalue weighted by Gasteiger charge is 2.27. The normalized spacial score (nSPS) is 23.6. The molecule has 0 unspecified atom stereocenters. The summed E-state index contributed by atoms with van der Waals surface area (Å²) in [6.07, 6.45) is 10.4. The van der Waals surface area contributed by atoms with Crippen molar-refractivity contribution in [3.05, 3.63) is 58.6 Å². The lowest BCUT2D eigenvalue weighted by Gasteiger charge is -2.33. The number of benzene rings is 2. The molecule has 2 aromatic rings. The Morgan fingerprint density at radius 2 is 1.54 bits per heavy atom. The first-order valence-corrected chi connectivity index (χ1v) is 13.6. The van der Waals surface area contributed by atoms with Gasteiger partial charge in [-0.3, -0.25) is 14.4 Å². The number of halogens is 1. The summed E-state index contributed by atoms with van der Waals surface area (Å²) in [6.45, 7) is 1.28. The topological polar surface area (TPSA) is 111 Å². The van der Waals surface area contributed by atoms with Crippen molar-refractivity contribution in [2.45, 2.75) is 76.8 Å². The van der Waals surface area contributed by atoms with Crippen LogP contribution < -0.4 is 21.1 Å². The van der Waals surface area contributed by atoms with E-state index >= 15 is 0 Å². The van der Waals surface area contributed by atoms with Crippen LogP contribution in [-0.4, -0.2) is 29.9 Å². The van der Waals surface area contributed by atoms with Gasteiger partial charge in [-0.05, 0) is 100.0 Å². The van der Waals surface area contributed by atoms with Crippen molar-refractivity contribution in [2.24, 2.45) is 17.6 Å². The molecule has 7 nitrogen and oxygen atoms in total. The van der Waals surface area contributed by atoms with Crippen molar-refractivity contribution in [2.75, 3.05) is 5.32 Å². The van der Waals surface area contributed by atoms with Crippen LogP contribution >= 0.6 is 11.6 Å². The highest BCUT2D eigenvalue weighted by molar-refractivity contribution is 6.34. The summed E-state index contributed by atoms with van der Waals surface area (Å²) >= 11 is 6.42. The Morgan fingerprint density at radius 3 is 2.19 bits per heavy atom. The molecule has 0 atom stereocenters. The van der Waals surface area contributed by atoms with Gasteiger partial charge in [-0.15, -0.1) is 0 Å². The monoisotopic (exact) mass is 525 g/mol. The fraction of sp³-hybridized carbons (Fsp3) is 0.483. The molecule has 0 aliphatic heterocycles. The summed E-state index contributed by atoms with van der Waals surface area (Å²) < 4.78 is 5.12. The highest BCUT2D eigenvalue weighted by Crippen LogP contribution is 2.35. The second-order valence-electron chi connectivity index (χ2n) is 10.4. The molecule has 2 aromatic carbocycles. The van der Waals surface area contributed by atoms with Crippen molar-refractivity contribution in [1.29, 1.82) is 0 Å². The van der Waals surface area contributed by atoms with Gasteiger partial charge in [0.1, 0.15) is 5.75 Å². The van der Waals surface area contributed by atoms with E-state index in [9.17, 15) is 14.4 Å². The van der Waals surface area contributed by atoms with Gasteiger partial charge >= 0.3 is 5.97 Å². The van der Waals surface area contributed by atoms with E-state index in [1.54, 1.807) is 42.5 Å². The molecule has 0 spiro atoms. The number of esters is 1. The number of rotatable bonds is 7. The summed E-state index contributed by atoms with van der Waals surface area (Å²) in [7, 11) is 0. The smallest absolute Gasteiger partial charge is 0.308 e. The molecular weight excluding hydrogens is 490 g/mol. The Labute approximate surface area is 223 Å². The minimum atomic E-state index is -0.512. The number of hydrogen-bond donors (Lipinski definition) is 3. The number of nitrogens with one attached hydrogen (secondary N) is 2. The SMILES string of the molecule is CC(=O)Oc1ccccc1C(=O)Nc1ccc(C(=O)NC2CCC(CC3CCC(N)CC3)CC2)c(Cl)c1. The van der Waals surface area contributed by atoms with Crippen LogP contribution in [0.5, 0.6) is 5.75 Å². The number of nitrogens with two attached hydrogens (primary N) is 1. The Hall–Kier alpha value is -2.90. The molecule has 2 aliphatic rings. The zero-order chi connectivity index (χ0) is 26.4. The van der Waals surface area contributed by atoms with Gasteiger partial charge in [0.15, 0.2) is 0 Å². The number of carbonyl (C=O) groups excluding carboxylic acids is 3. The molecule has 2 aliphatic carbocycles. The lowest BCUT2D eigenvalue weighted by Crippen LogP contribution is -2.38. The molecule has 4 rings (SSSR count). The van der Waals surface area contributed by atoms with Gasteiger partial charge in [-0.2, -0.15) is 0 Å². The summed E-state index contributed by atoms with van der Waals surface area (Å²) in [5, 5.41) is 6.15. The van der Waals surface area contributed by atoms with E-state index in [1.807, 2.05) is 0 Å². The maximum Gasteiger partial charge on any atom is 0.308 e. The van der Waals surface area contributed by atoms with E-state index in [2.05, 4.69) is 10.6 Å². The van der Waals surface area contributed by atoms with Gasteiger partial charge < -0.3 is 21.1 Å². The molecule has 0 heterocycles. The number of ether oxygens (including phenoxy) is 1. The summed E-state index contributed by atoms with van der Waals surface area (Å²) in [4.78, 5) is 37.0. The predicted molar refractivity (Wildman–Crippen MR) is 145 cm³/mol. The quantitative estimate of drug-likeness (QED) is 0.316. The molecule has 0 bridgehead atoms. The highest BCUT2D eigenvalue weighted by atomic mass is 35.5. The van der Waals surface area contributed by atoms with Crippen LogP contribution in [0, 0.1) is 11.8 Å². The summed E-state index contributed by atoms with van der Waals surface area (Å²) in [6, 6.07) is 11.8. The third-order valence-electron chi connectivity index (χ3n) is 7.60. The molecule has 0 radical (unpaired) electrons. The maximum atomic E-state index is 12.9. The van der Waals surface area contributed by atoms with Crippen LogP contribution in [0.15, 0.2) is 42.5 Å². The number of amides is 2. The van der Waals surface area contributed by atoms with Crippen LogP contribution in [0.4, 0.5) is 5.69 Å². The number of carbonyl (C=O) groups is 3. The van der Waals surface area contributed by atoms with Gasteiger partial charge in [0.2, 0.25) is 0 Å². The molecule has 8 heteroatoms. The first-order valence-electron chi connectivity index (χ1n) is 13.2. The van der Waals surface area contributed by atoms with Gasteiger partial charge in [0.05, 0.1) is 16.1 Å². The van der Waals surface area contributed by atoms with Crippen molar-refractivity contribution >= 4 is 35.1 Å². The number of anilines is 1. The second-order valence-corrected chi connectivity index (χ2v) is 10.9. The fourth-order valence-corrected chi connectivity index (χ4v) is 5.84. The molecule has 2 amide bonds. The third-order valence-corrected chi connectivity index (χ3v) is 7.91.